The van der Waals surface area contributed by atoms with E-state index >= 15 is 0 Å². The summed E-state index contributed by atoms with van der Waals surface area (Å²) in [5.41, 5.74) is 5.12. The number of benzene rings is 3. The highest BCUT2D eigenvalue weighted by molar-refractivity contribution is 6.04. The first kappa shape index (κ1) is 25.8. The van der Waals surface area contributed by atoms with Crippen LogP contribution in [-0.4, -0.2) is 39.7 Å². The molecule has 0 saturated carbocycles. The number of rotatable bonds is 7. The van der Waals surface area contributed by atoms with Crippen LogP contribution in [0.1, 0.15) is 59.1 Å². The number of nitrogens with zero attached hydrogens (tertiary/aromatic N) is 1. The molecule has 3 unspecified atom stereocenters. The predicted octanol–water partition coefficient (Wildman–Crippen LogP) is 4.62. The third-order valence-electron chi connectivity index (χ3n) is 7.87. The van der Waals surface area contributed by atoms with Gasteiger partial charge in [-0.25, -0.2) is 4.39 Å². The monoisotopic (exact) mass is 538 g/mol. The molecule has 2 aliphatic heterocycles. The average molecular weight is 539 g/mol. The molecule has 40 heavy (non-hydrogen) atoms. The van der Waals surface area contributed by atoms with E-state index in [1.54, 1.807) is 23.1 Å². The van der Waals surface area contributed by atoms with Gasteiger partial charge in [-0.1, -0.05) is 62.4 Å². The molecule has 0 spiro atoms. The van der Waals surface area contributed by atoms with Crippen LogP contribution in [0.4, 0.5) is 4.39 Å². The minimum absolute atomic E-state index is 0.138. The zero-order chi connectivity index (χ0) is 28.0. The minimum atomic E-state index is -0.782. The van der Waals surface area contributed by atoms with Crippen LogP contribution in [0.3, 0.4) is 0 Å². The van der Waals surface area contributed by atoms with E-state index in [4.69, 9.17) is 0 Å². The van der Waals surface area contributed by atoms with Gasteiger partial charge < -0.3 is 20.5 Å². The second-order valence-electron chi connectivity index (χ2n) is 11.0. The molecule has 8 heteroatoms. The number of aromatic nitrogens is 1. The Bertz CT molecular complexity index is 1610. The van der Waals surface area contributed by atoms with E-state index in [0.29, 0.717) is 18.4 Å². The zero-order valence-electron chi connectivity index (χ0n) is 22.4. The van der Waals surface area contributed by atoms with Crippen molar-refractivity contribution in [2.24, 2.45) is 5.92 Å². The molecule has 6 rings (SSSR count). The Balaban J connectivity index is 1.30. The van der Waals surface area contributed by atoms with Crippen LogP contribution in [0, 0.1) is 11.7 Å². The predicted molar refractivity (Wildman–Crippen MR) is 150 cm³/mol. The third-order valence-corrected chi connectivity index (χ3v) is 7.87. The fraction of sp³-hybridized carbons (Fsp3) is 0.281. The van der Waals surface area contributed by atoms with E-state index in [2.05, 4.69) is 15.6 Å². The molecule has 1 aromatic heterocycles. The summed E-state index contributed by atoms with van der Waals surface area (Å²) in [6.07, 6.45) is 0.774. The summed E-state index contributed by atoms with van der Waals surface area (Å²) in [5, 5.41) is 6.88. The zero-order valence-corrected chi connectivity index (χ0v) is 22.4. The van der Waals surface area contributed by atoms with Crippen molar-refractivity contribution in [1.29, 1.82) is 0 Å². The first-order valence-corrected chi connectivity index (χ1v) is 13.7. The van der Waals surface area contributed by atoms with Gasteiger partial charge >= 0.3 is 0 Å². The number of hydrogen-bond donors (Lipinski definition) is 3. The second kappa shape index (κ2) is 10.3. The van der Waals surface area contributed by atoms with Gasteiger partial charge in [0.25, 0.3) is 5.91 Å². The number of carbonyl (C=O) groups is 3. The van der Waals surface area contributed by atoms with E-state index in [-0.39, 0.29) is 36.0 Å². The molecule has 2 aliphatic rings. The van der Waals surface area contributed by atoms with Crippen molar-refractivity contribution < 1.29 is 18.8 Å². The number of hydrogen-bond acceptors (Lipinski definition) is 3. The Morgan fingerprint density at radius 2 is 1.75 bits per heavy atom. The number of nitrogens with one attached hydrogen (secondary N) is 3. The summed E-state index contributed by atoms with van der Waals surface area (Å²) in [4.78, 5) is 46.1. The summed E-state index contributed by atoms with van der Waals surface area (Å²) < 4.78 is 13.3. The van der Waals surface area contributed by atoms with Crippen molar-refractivity contribution in [1.82, 2.24) is 20.5 Å². The van der Waals surface area contributed by atoms with E-state index < -0.39 is 18.1 Å². The van der Waals surface area contributed by atoms with Crippen molar-refractivity contribution in [3.63, 3.8) is 0 Å². The number of carbonyl (C=O) groups excluding carboxylic acids is 3. The highest BCUT2D eigenvalue weighted by Gasteiger charge is 2.49. The summed E-state index contributed by atoms with van der Waals surface area (Å²) >= 11 is 0. The Kier molecular flexibility index (Phi) is 6.62. The van der Waals surface area contributed by atoms with Gasteiger partial charge in [0.15, 0.2) is 0 Å². The lowest BCUT2D eigenvalue weighted by atomic mass is 9.89. The van der Waals surface area contributed by atoms with Gasteiger partial charge in [0.1, 0.15) is 17.9 Å². The van der Waals surface area contributed by atoms with E-state index in [1.165, 1.54) is 12.1 Å². The first-order valence-electron chi connectivity index (χ1n) is 13.7. The topological polar surface area (TPSA) is 94.3 Å². The number of para-hydroxylation sites is 1. The number of aromatic amines is 1. The molecule has 3 atom stereocenters. The third kappa shape index (κ3) is 4.53. The van der Waals surface area contributed by atoms with Crippen LogP contribution in [-0.2, 0) is 22.6 Å². The Labute approximate surface area is 231 Å². The van der Waals surface area contributed by atoms with E-state index in [9.17, 15) is 18.8 Å². The highest BCUT2D eigenvalue weighted by Crippen LogP contribution is 2.46. The molecule has 3 aromatic carbocycles. The fourth-order valence-electron chi connectivity index (χ4n) is 6.02. The minimum Gasteiger partial charge on any atom is -0.356 e. The molecule has 0 fully saturated rings. The maximum absolute atomic E-state index is 14.0. The molecule has 0 radical (unpaired) electrons. The average Bonchev–Trinajstić information content (AvgIpc) is 3.47. The van der Waals surface area contributed by atoms with Gasteiger partial charge in [0.2, 0.25) is 11.8 Å². The summed E-state index contributed by atoms with van der Waals surface area (Å²) in [7, 11) is 0. The number of halogens is 1. The van der Waals surface area contributed by atoms with Gasteiger partial charge in [-0.05, 0) is 53.3 Å². The SMILES string of the molecule is CC(C)CC(NC(=O)C1Cc2c([nH]c3ccccc23)C2c3ccccc3C(=O)N12)C(=O)NCc1ccc(F)cc1. The van der Waals surface area contributed by atoms with E-state index in [1.807, 2.05) is 56.3 Å². The van der Waals surface area contributed by atoms with Crippen molar-refractivity contribution in [2.75, 3.05) is 0 Å². The fourth-order valence-corrected chi connectivity index (χ4v) is 6.02. The van der Waals surface area contributed by atoms with E-state index in [0.717, 1.165) is 33.3 Å². The molecular weight excluding hydrogens is 507 g/mol. The molecule has 0 saturated heterocycles. The Morgan fingerprint density at radius 1 is 1.02 bits per heavy atom. The van der Waals surface area contributed by atoms with Gasteiger partial charge in [-0.3, -0.25) is 14.4 Å². The van der Waals surface area contributed by atoms with Crippen LogP contribution < -0.4 is 10.6 Å². The number of amides is 3. The molecular formula is C32H31FN4O3. The maximum atomic E-state index is 14.0. The van der Waals surface area contributed by atoms with Crippen molar-refractivity contribution >= 4 is 28.6 Å². The molecule has 0 bridgehead atoms. The lowest BCUT2D eigenvalue weighted by Gasteiger charge is -2.37. The first-order chi connectivity index (χ1) is 19.3. The smallest absolute Gasteiger partial charge is 0.255 e. The van der Waals surface area contributed by atoms with Gasteiger partial charge in [0.05, 0.1) is 6.04 Å². The van der Waals surface area contributed by atoms with Crippen LogP contribution in [0.5, 0.6) is 0 Å². The summed E-state index contributed by atoms with van der Waals surface area (Å²) in [6, 6.07) is 19.4. The largest absolute Gasteiger partial charge is 0.356 e. The van der Waals surface area contributed by atoms with Crippen LogP contribution in [0.15, 0.2) is 72.8 Å². The van der Waals surface area contributed by atoms with Crippen LogP contribution in [0.25, 0.3) is 10.9 Å². The molecule has 204 valence electrons. The highest BCUT2D eigenvalue weighted by atomic mass is 19.1. The normalized spacial score (nSPS) is 18.3. The maximum Gasteiger partial charge on any atom is 0.255 e. The molecule has 0 aliphatic carbocycles. The molecule has 3 N–H and O–H groups in total. The number of fused-ring (bicyclic) bond motifs is 7. The van der Waals surface area contributed by atoms with Crippen LogP contribution >= 0.6 is 0 Å². The lowest BCUT2D eigenvalue weighted by Crippen LogP contribution is -2.56. The van der Waals surface area contributed by atoms with Crippen molar-refractivity contribution in [3.05, 3.63) is 107 Å². The second-order valence-corrected chi connectivity index (χ2v) is 11.0. The van der Waals surface area contributed by atoms with Crippen LogP contribution in [0.2, 0.25) is 0 Å². The molecule has 3 heterocycles. The molecule has 7 nitrogen and oxygen atoms in total. The van der Waals surface area contributed by atoms with Crippen molar-refractivity contribution in [3.8, 4) is 0 Å². The number of H-pyrrole nitrogens is 1. The van der Waals surface area contributed by atoms with Gasteiger partial charge in [0, 0.05) is 35.1 Å². The van der Waals surface area contributed by atoms with Gasteiger partial charge in [-0.15, -0.1) is 0 Å². The summed E-state index contributed by atoms with van der Waals surface area (Å²) in [5.74, 6) is -1.07. The Hall–Kier alpha value is -4.46. The molecule has 3 amide bonds. The lowest BCUT2D eigenvalue weighted by molar-refractivity contribution is -0.132. The molecule has 4 aromatic rings. The summed E-state index contributed by atoms with van der Waals surface area (Å²) in [6.45, 7) is 4.19. The van der Waals surface area contributed by atoms with Gasteiger partial charge in [-0.2, -0.15) is 0 Å². The quantitative estimate of drug-likeness (QED) is 0.320. The Morgan fingerprint density at radius 3 is 2.52 bits per heavy atom. The van der Waals surface area contributed by atoms with Crippen molar-refractivity contribution in [2.45, 2.75) is 51.4 Å². The standard InChI is InChI=1S/C32H31FN4O3/c1-18(2)15-26(30(38)34-17-19-11-13-20(33)14-12-19)36-31(39)27-16-24-21-7-5-6-10-25(21)35-28(24)29-22-8-3-4-9-23(22)32(40)37(27)29/h3-14,18,26-27,29,35H,15-17H2,1-2H3,(H,34,38)(H,36,39).